The zero-order chi connectivity index (χ0) is 19.8. The molecule has 0 spiro atoms. The molecule has 24 nitrogen and oxygen atoms in total. The van der Waals surface area contributed by atoms with Crippen LogP contribution in [-0.2, 0) is 64.7 Å². The van der Waals surface area contributed by atoms with E-state index in [1.165, 1.54) is 0 Å². The molecule has 0 saturated carbocycles. The molecule has 0 bridgehead atoms. The van der Waals surface area contributed by atoms with E-state index in [4.69, 9.17) is 0 Å². The molecule has 0 aliphatic heterocycles. The molecule has 0 fully saturated rings. The van der Waals surface area contributed by atoms with E-state index in [1.807, 2.05) is 0 Å². The minimum Gasteiger partial charge on any atom is 1.00 e. The van der Waals surface area contributed by atoms with E-state index in [1.54, 1.807) is 0 Å². The Labute approximate surface area is 290 Å². The van der Waals surface area contributed by atoms with Gasteiger partial charge in [0.15, 0.2) is 0 Å². The van der Waals surface area contributed by atoms with Gasteiger partial charge in [-0.2, -0.15) is 0 Å². The fraction of sp³-hybridized carbons (Fsp3) is 0. The van der Waals surface area contributed by atoms with Crippen LogP contribution in [0.3, 0.4) is 0 Å². The topological polar surface area (TPSA) is 467 Å². The van der Waals surface area contributed by atoms with Gasteiger partial charge in [-0.25, -0.2) is 0 Å². The van der Waals surface area contributed by atoms with E-state index in [2.05, 4.69) is 41.1 Å². The number of hydrogen-bond acceptors (Lipinski definition) is 16. The Morgan fingerprint density at radius 3 is 0.944 bits per heavy atom. The van der Waals surface area contributed by atoms with Crippen LogP contribution in [-0.4, -0.2) is 117 Å². The average Bonchev–Trinajstić information content (AvgIpc) is 2.55. The molecule has 0 heterocycles. The van der Waals surface area contributed by atoms with Gasteiger partial charge in [0.2, 0.25) is 0 Å². The van der Waals surface area contributed by atoms with Crippen LogP contribution in [0.4, 0.5) is 0 Å². The van der Waals surface area contributed by atoms with Gasteiger partial charge in [0.05, 0.1) is 0 Å². The van der Waals surface area contributed by atoms with Crippen molar-refractivity contribution in [2.24, 2.45) is 0 Å². The van der Waals surface area contributed by atoms with Crippen molar-refractivity contribution in [2.75, 3.05) is 0 Å². The Morgan fingerprint density at radius 1 is 0.389 bits per heavy atom. The molecule has 36 heteroatoms. The van der Waals surface area contributed by atoms with Crippen molar-refractivity contribution in [3.8, 4) is 0 Å². The zero-order valence-electron chi connectivity index (χ0n) is 18.3. The van der Waals surface area contributed by atoms with Crippen molar-refractivity contribution in [3.63, 3.8) is 0 Å². The van der Waals surface area contributed by atoms with Gasteiger partial charge < -0.3 is 43.8 Å². The van der Waals surface area contributed by atoms with Gasteiger partial charge in [0, 0.05) is 0 Å². The Bertz CT molecular complexity index is 433. The third-order valence-corrected chi connectivity index (χ3v) is 1.72. The Hall–Kier alpha value is 1.36. The van der Waals surface area contributed by atoms with Gasteiger partial charge >= 0.3 is 251 Å². The maximum absolute atomic E-state index is 11.5. The summed E-state index contributed by atoms with van der Waals surface area (Å²) in [5, 5.41) is 22.4. The molecule has 36 heavy (non-hydrogen) atoms. The maximum atomic E-state index is 11.5. The Balaban J connectivity index is -0.0000000694. The van der Waals surface area contributed by atoms with Gasteiger partial charge in [-0.15, -0.1) is 0 Å². The van der Waals surface area contributed by atoms with Gasteiger partial charge in [-0.3, -0.25) is 0 Å². The molecule has 0 aromatic carbocycles. The molecular weight excluding hydrogens is 570 g/mol. The smallest absolute Gasteiger partial charge is 1.00 e. The molecule has 0 aromatic heterocycles. The van der Waals surface area contributed by atoms with E-state index < -0.39 is 36.6 Å². The second kappa shape index (κ2) is 49.3. The summed E-state index contributed by atoms with van der Waals surface area (Å²) in [7, 11) is -13.2. The number of hydrogen-bond donors (Lipinski definition) is 0. The minimum absolute atomic E-state index is 0. The van der Waals surface area contributed by atoms with Gasteiger partial charge in [0.25, 0.3) is 0 Å². The SMILES string of the molecule is O.O.O.O.O.O.O.O.O=BOB([O-])OB(OB=O)OB([O-])OB(OB=O)OB(OB=O)OB=O.[K+].[K+]. The summed E-state index contributed by atoms with van der Waals surface area (Å²) in [4.78, 5) is 0. The van der Waals surface area contributed by atoms with Crippen molar-refractivity contribution in [1.29, 1.82) is 0 Å². The fourth-order valence-corrected chi connectivity index (χ4v) is 0.943. The van der Waals surface area contributed by atoms with E-state index in [0.29, 0.717) is 0 Å². The van der Waals surface area contributed by atoms with Crippen LogP contribution in [0.2, 0.25) is 0 Å². The normalized spacial score (nSPS) is 5.94. The maximum Gasteiger partial charge on any atom is 1.00 e. The quantitative estimate of drug-likeness (QED) is 0.134. The monoisotopic (exact) mass is 588 g/mol. The number of rotatable bonds is 18. The molecule has 0 amide bonds. The van der Waals surface area contributed by atoms with Crippen LogP contribution >= 0.6 is 0 Å². The van der Waals surface area contributed by atoms with Crippen LogP contribution in [0.15, 0.2) is 0 Å². The van der Waals surface area contributed by atoms with Crippen molar-refractivity contribution >= 4 is 73.4 Å². The van der Waals surface area contributed by atoms with E-state index in [0.717, 1.165) is 0 Å². The molecule has 0 atom stereocenters. The fourth-order valence-electron chi connectivity index (χ4n) is 0.943. The Morgan fingerprint density at radius 2 is 0.639 bits per heavy atom. The second-order valence-electron chi connectivity index (χ2n) is 3.15. The third-order valence-electron chi connectivity index (χ3n) is 1.72. The molecule has 0 aromatic rings. The van der Waals surface area contributed by atoms with Crippen molar-refractivity contribution in [3.05, 3.63) is 0 Å². The van der Waals surface area contributed by atoms with Crippen LogP contribution in [0.25, 0.3) is 0 Å². The van der Waals surface area contributed by atoms with Crippen molar-refractivity contribution in [2.45, 2.75) is 0 Å². The summed E-state index contributed by atoms with van der Waals surface area (Å²) >= 11 is 0. The van der Waals surface area contributed by atoms with Gasteiger partial charge in [-0.05, 0) is 0 Å². The van der Waals surface area contributed by atoms with Gasteiger partial charge in [-0.1, -0.05) is 0 Å². The van der Waals surface area contributed by atoms with Crippen LogP contribution in [0.5, 0.6) is 0 Å². The van der Waals surface area contributed by atoms with Crippen molar-refractivity contribution < 1.29 is 221 Å². The second-order valence-corrected chi connectivity index (χ2v) is 3.15. The summed E-state index contributed by atoms with van der Waals surface area (Å²) in [5.74, 6) is 0. The summed E-state index contributed by atoms with van der Waals surface area (Å²) in [6.07, 6.45) is 0. The van der Waals surface area contributed by atoms with Gasteiger partial charge in [0.1, 0.15) is 0 Å². The Kier molecular flexibility index (Phi) is 97.4. The molecule has 0 saturated heterocycles. The molecular formula is H16B10K2O24. The molecule has 0 unspecified atom stereocenters. The molecule has 16 N–H and O–H groups in total. The van der Waals surface area contributed by atoms with Crippen LogP contribution in [0, 0.1) is 0 Å². The first-order valence-electron chi connectivity index (χ1n) is 5.89. The average molecular weight is 586 g/mol. The molecule has 0 aliphatic rings. The van der Waals surface area contributed by atoms with E-state index >= 15 is 0 Å². The minimum atomic E-state index is -2.72. The van der Waals surface area contributed by atoms with Crippen LogP contribution < -0.4 is 113 Å². The molecule has 0 rings (SSSR count). The molecule has 0 radical (unpaired) electrons. The molecule has 0 aliphatic carbocycles. The summed E-state index contributed by atoms with van der Waals surface area (Å²) in [6, 6.07) is 0. The predicted octanol–water partition coefficient (Wildman–Crippen LogP) is -20.0. The molecule has 192 valence electrons. The first-order chi connectivity index (χ1) is 12.5. The summed E-state index contributed by atoms with van der Waals surface area (Å²) < 4.78 is 88.0. The zero-order valence-corrected chi connectivity index (χ0v) is 24.6. The van der Waals surface area contributed by atoms with Crippen LogP contribution in [0.1, 0.15) is 0 Å². The van der Waals surface area contributed by atoms with E-state index in [-0.39, 0.29) is 183 Å². The first kappa shape index (κ1) is 71.1. The van der Waals surface area contributed by atoms with Crippen molar-refractivity contribution in [1.82, 2.24) is 0 Å². The first-order valence-corrected chi connectivity index (χ1v) is 5.89. The standard InChI is InChI=1S/B10O16.2K.8H2O/c11-1-18-6(16)23-9(21-4-14)24-7(17)25-10(22-5-15)26-8(19-2-12)20-3-13;;;;;;;;;;/h;;;8*1H2/q-2;2*+1;;;;;;;;. The summed E-state index contributed by atoms with van der Waals surface area (Å²) in [6.45, 7) is 0. The summed E-state index contributed by atoms with van der Waals surface area (Å²) in [5.41, 5.74) is 0. The largest absolute Gasteiger partial charge is 1.00 e. The predicted molar refractivity (Wildman–Crippen MR) is 99.6 cm³/mol. The third kappa shape index (κ3) is 39.9. The van der Waals surface area contributed by atoms with E-state index in [9.17, 15) is 33.6 Å².